The summed E-state index contributed by atoms with van der Waals surface area (Å²) in [5.74, 6) is -1.76. The van der Waals surface area contributed by atoms with Crippen molar-refractivity contribution in [1.29, 1.82) is 0 Å². The van der Waals surface area contributed by atoms with Crippen LogP contribution in [0.5, 0.6) is 0 Å². The molecule has 0 saturated carbocycles. The van der Waals surface area contributed by atoms with E-state index in [9.17, 15) is 18.4 Å². The average molecular weight is 448 g/mol. The Labute approximate surface area is 183 Å². The number of carbonyl (C=O) groups is 1. The van der Waals surface area contributed by atoms with E-state index in [1.807, 2.05) is 30.3 Å². The molecule has 33 heavy (non-hydrogen) atoms. The zero-order valence-corrected chi connectivity index (χ0v) is 16.8. The van der Waals surface area contributed by atoms with Crippen molar-refractivity contribution in [3.05, 3.63) is 89.0 Å². The molecule has 5 aromatic rings. The summed E-state index contributed by atoms with van der Waals surface area (Å²) in [4.78, 5) is 29.4. The van der Waals surface area contributed by atoms with Crippen molar-refractivity contribution >= 4 is 17.2 Å². The monoisotopic (exact) mass is 448 g/mol. The van der Waals surface area contributed by atoms with Crippen LogP contribution in [0.25, 0.3) is 28.5 Å². The fraction of sp³-hybridized carbons (Fsp3) is 0.0455. The largest absolute Gasteiger partial charge is 0.350 e. The van der Waals surface area contributed by atoms with Crippen molar-refractivity contribution in [3.63, 3.8) is 0 Å². The molecular weight excluding hydrogens is 434 g/mol. The lowest BCUT2D eigenvalue weighted by Crippen LogP contribution is -2.28. The zero-order valence-electron chi connectivity index (χ0n) is 16.8. The van der Waals surface area contributed by atoms with E-state index in [1.165, 1.54) is 10.6 Å². The summed E-state index contributed by atoms with van der Waals surface area (Å²) in [5, 5.41) is 10.4. The van der Waals surface area contributed by atoms with Gasteiger partial charge in [0.25, 0.3) is 5.89 Å². The van der Waals surface area contributed by atoms with Crippen molar-refractivity contribution in [1.82, 2.24) is 24.3 Å². The van der Waals surface area contributed by atoms with Crippen molar-refractivity contribution in [2.45, 2.75) is 6.54 Å². The number of halogens is 2. The minimum atomic E-state index is -0.806. The summed E-state index contributed by atoms with van der Waals surface area (Å²) in [7, 11) is 0. The van der Waals surface area contributed by atoms with Gasteiger partial charge in [-0.05, 0) is 24.3 Å². The van der Waals surface area contributed by atoms with Crippen LogP contribution in [-0.4, -0.2) is 30.2 Å². The van der Waals surface area contributed by atoms with Gasteiger partial charge in [0.1, 0.15) is 18.2 Å². The molecule has 0 fully saturated rings. The summed E-state index contributed by atoms with van der Waals surface area (Å²) < 4.78 is 34.6. The van der Waals surface area contributed by atoms with Crippen LogP contribution in [0, 0.1) is 11.6 Å². The van der Waals surface area contributed by atoms with E-state index in [4.69, 9.17) is 4.52 Å². The lowest BCUT2D eigenvalue weighted by atomic mass is 10.2. The van der Waals surface area contributed by atoms with Gasteiger partial charge in [0.05, 0.1) is 11.3 Å². The van der Waals surface area contributed by atoms with Gasteiger partial charge in [0, 0.05) is 17.8 Å². The maximum absolute atomic E-state index is 13.8. The number of fused-ring (bicyclic) bond motifs is 1. The number of aromatic nitrogens is 5. The SMILES string of the molecule is O=C(Cn1nc2c(-c3nc(-c4ccccc4)no3)cccn2c1=O)Nc1cc(F)ccc1F. The van der Waals surface area contributed by atoms with Gasteiger partial charge >= 0.3 is 5.69 Å². The second-order valence-electron chi connectivity index (χ2n) is 7.02. The van der Waals surface area contributed by atoms with Crippen LogP contribution in [0.15, 0.2) is 76.2 Å². The molecule has 0 aliphatic carbocycles. The molecule has 5 rings (SSSR count). The molecule has 164 valence electrons. The van der Waals surface area contributed by atoms with E-state index in [0.29, 0.717) is 11.4 Å². The predicted molar refractivity (Wildman–Crippen MR) is 113 cm³/mol. The molecule has 0 bridgehead atoms. The van der Waals surface area contributed by atoms with E-state index in [-0.39, 0.29) is 17.2 Å². The molecule has 3 heterocycles. The van der Waals surface area contributed by atoms with Crippen LogP contribution in [0.2, 0.25) is 0 Å². The smallest absolute Gasteiger partial charge is 0.333 e. The van der Waals surface area contributed by atoms with E-state index in [0.717, 1.165) is 28.4 Å². The second kappa shape index (κ2) is 8.11. The number of nitrogens with one attached hydrogen (secondary N) is 1. The molecule has 0 atom stereocenters. The Hall–Kier alpha value is -4.67. The highest BCUT2D eigenvalue weighted by Crippen LogP contribution is 2.24. The first-order valence-corrected chi connectivity index (χ1v) is 9.72. The van der Waals surface area contributed by atoms with Crippen LogP contribution >= 0.6 is 0 Å². The summed E-state index contributed by atoms with van der Waals surface area (Å²) in [6.45, 7) is -0.519. The third-order valence-corrected chi connectivity index (χ3v) is 4.79. The Morgan fingerprint density at radius 1 is 1.06 bits per heavy atom. The number of benzene rings is 2. The number of hydrogen-bond acceptors (Lipinski definition) is 6. The van der Waals surface area contributed by atoms with Crippen molar-refractivity contribution in [3.8, 4) is 22.8 Å². The summed E-state index contributed by atoms with van der Waals surface area (Å²) >= 11 is 0. The molecule has 0 saturated heterocycles. The van der Waals surface area contributed by atoms with Crippen LogP contribution in [0.1, 0.15) is 0 Å². The third-order valence-electron chi connectivity index (χ3n) is 4.79. The number of pyridine rings is 1. The van der Waals surface area contributed by atoms with E-state index >= 15 is 0 Å². The molecule has 1 amide bonds. The van der Waals surface area contributed by atoms with Crippen molar-refractivity contribution < 1.29 is 18.1 Å². The highest BCUT2D eigenvalue weighted by atomic mass is 19.1. The number of rotatable bonds is 5. The maximum Gasteiger partial charge on any atom is 0.350 e. The maximum atomic E-state index is 13.8. The van der Waals surface area contributed by atoms with Crippen LogP contribution in [-0.2, 0) is 11.3 Å². The average Bonchev–Trinajstić information content (AvgIpc) is 3.42. The van der Waals surface area contributed by atoms with Gasteiger partial charge < -0.3 is 9.84 Å². The highest BCUT2D eigenvalue weighted by Gasteiger charge is 2.19. The second-order valence-corrected chi connectivity index (χ2v) is 7.02. The standard InChI is InChI=1S/C22H14F2N6O3/c23-14-8-9-16(24)17(11-14)25-18(31)12-30-22(32)29-10-4-7-15(20(29)27-30)21-26-19(28-33-21)13-5-2-1-3-6-13/h1-11H,12H2,(H,25,31). The van der Waals surface area contributed by atoms with Gasteiger partial charge in [-0.2, -0.15) is 4.98 Å². The summed E-state index contributed by atoms with van der Waals surface area (Å²) in [5.41, 5.74) is 0.389. The van der Waals surface area contributed by atoms with Gasteiger partial charge in [-0.15, -0.1) is 5.10 Å². The number of amides is 1. The van der Waals surface area contributed by atoms with Crippen LogP contribution in [0.4, 0.5) is 14.5 Å². The first-order valence-electron chi connectivity index (χ1n) is 9.72. The minimum Gasteiger partial charge on any atom is -0.333 e. The first-order chi connectivity index (χ1) is 16.0. The lowest BCUT2D eigenvalue weighted by Gasteiger charge is -2.05. The van der Waals surface area contributed by atoms with Crippen LogP contribution < -0.4 is 11.0 Å². The highest BCUT2D eigenvalue weighted by molar-refractivity contribution is 5.90. The van der Waals surface area contributed by atoms with Gasteiger partial charge in [-0.1, -0.05) is 35.5 Å². The normalized spacial score (nSPS) is 11.1. The molecule has 0 aliphatic rings. The molecule has 0 spiro atoms. The predicted octanol–water partition coefficient (Wildman–Crippen LogP) is 3.13. The Balaban J connectivity index is 1.46. The van der Waals surface area contributed by atoms with Gasteiger partial charge in [0.15, 0.2) is 5.65 Å². The molecule has 0 aliphatic heterocycles. The van der Waals surface area contributed by atoms with E-state index in [2.05, 4.69) is 20.6 Å². The molecule has 11 heteroatoms. The fourth-order valence-corrected chi connectivity index (χ4v) is 3.26. The molecule has 0 unspecified atom stereocenters. The number of carbonyl (C=O) groups excluding carboxylic acids is 1. The molecule has 3 aromatic heterocycles. The Bertz CT molecular complexity index is 1540. The fourth-order valence-electron chi connectivity index (χ4n) is 3.26. The van der Waals surface area contributed by atoms with E-state index in [1.54, 1.807) is 12.1 Å². The topological polar surface area (TPSA) is 107 Å². The minimum absolute atomic E-state index is 0.142. The Morgan fingerprint density at radius 3 is 2.70 bits per heavy atom. The number of hydrogen-bond donors (Lipinski definition) is 1. The number of nitrogens with zero attached hydrogens (tertiary/aromatic N) is 5. The van der Waals surface area contributed by atoms with Crippen molar-refractivity contribution in [2.24, 2.45) is 0 Å². The Kier molecular flexibility index (Phi) is 4.98. The molecule has 2 aromatic carbocycles. The molecule has 1 N–H and O–H groups in total. The lowest BCUT2D eigenvalue weighted by molar-refractivity contribution is -0.117. The quantitative estimate of drug-likeness (QED) is 0.443. The molecular formula is C22H14F2N6O3. The first kappa shape index (κ1) is 20.2. The molecule has 0 radical (unpaired) electrons. The van der Waals surface area contributed by atoms with E-state index < -0.39 is 29.8 Å². The number of anilines is 1. The van der Waals surface area contributed by atoms with Gasteiger partial charge in [-0.3, -0.25) is 4.79 Å². The Morgan fingerprint density at radius 2 is 1.88 bits per heavy atom. The zero-order chi connectivity index (χ0) is 22.9. The van der Waals surface area contributed by atoms with Crippen LogP contribution in [0.3, 0.4) is 0 Å². The third kappa shape index (κ3) is 3.87. The molecule has 9 nitrogen and oxygen atoms in total. The van der Waals surface area contributed by atoms with Crippen molar-refractivity contribution in [2.75, 3.05) is 5.32 Å². The summed E-state index contributed by atoms with van der Waals surface area (Å²) in [6.07, 6.45) is 1.48. The van der Waals surface area contributed by atoms with Gasteiger partial charge in [0.2, 0.25) is 11.7 Å². The van der Waals surface area contributed by atoms with Gasteiger partial charge in [-0.25, -0.2) is 22.7 Å². The summed E-state index contributed by atoms with van der Waals surface area (Å²) in [6, 6.07) is 15.1.